The molecule has 21 heavy (non-hydrogen) atoms. The molecule has 2 amide bonds. The molecule has 0 aliphatic heterocycles. The number of aromatic nitrogens is 2. The molecule has 0 radical (unpaired) electrons. The Hall–Kier alpha value is -1.99. The third-order valence-electron chi connectivity index (χ3n) is 2.85. The second kappa shape index (κ2) is 8.33. The highest BCUT2D eigenvalue weighted by Crippen LogP contribution is 2.05. The molecule has 6 nitrogen and oxygen atoms in total. The number of ether oxygens (including phenoxy) is 1. The molecule has 7 heteroatoms. The molecule has 0 bridgehead atoms. The molecule has 2 heterocycles. The summed E-state index contributed by atoms with van der Waals surface area (Å²) in [5.74, 6) is 0. The molecule has 1 N–H and O–H groups in total. The maximum Gasteiger partial charge on any atom is 0.318 e. The number of hydrogen-bond donors (Lipinski definition) is 1. The number of pyridine rings is 1. The van der Waals surface area contributed by atoms with Crippen molar-refractivity contribution in [2.45, 2.75) is 13.1 Å². The number of nitrogens with one attached hydrogen (secondary N) is 1. The molecule has 112 valence electrons. The lowest BCUT2D eigenvalue weighted by Gasteiger charge is -2.22. The van der Waals surface area contributed by atoms with Crippen molar-refractivity contribution in [2.75, 3.05) is 20.3 Å². The van der Waals surface area contributed by atoms with E-state index < -0.39 is 0 Å². The van der Waals surface area contributed by atoms with E-state index in [1.807, 2.05) is 17.5 Å². The van der Waals surface area contributed by atoms with Crippen molar-refractivity contribution in [1.82, 2.24) is 20.2 Å². The Labute approximate surface area is 127 Å². The molecule has 0 aliphatic rings. The van der Waals surface area contributed by atoms with Gasteiger partial charge in [-0.2, -0.15) is 0 Å². The zero-order valence-electron chi connectivity index (χ0n) is 11.9. The number of carbonyl (C=O) groups is 1. The normalized spacial score (nSPS) is 10.3. The largest absolute Gasteiger partial charge is 0.383 e. The van der Waals surface area contributed by atoms with Crippen molar-refractivity contribution in [3.63, 3.8) is 0 Å². The molecular formula is C14H18N4O2S. The molecule has 0 aromatic carbocycles. The van der Waals surface area contributed by atoms with Crippen LogP contribution in [0.25, 0.3) is 0 Å². The van der Waals surface area contributed by atoms with Crippen LogP contribution in [0.2, 0.25) is 0 Å². The lowest BCUT2D eigenvalue weighted by atomic mass is 10.2. The van der Waals surface area contributed by atoms with Crippen LogP contribution in [0.4, 0.5) is 4.79 Å². The number of nitrogens with zero attached hydrogens (tertiary/aromatic N) is 3. The van der Waals surface area contributed by atoms with Crippen LogP contribution in [-0.2, 0) is 17.8 Å². The van der Waals surface area contributed by atoms with E-state index in [2.05, 4.69) is 15.3 Å². The van der Waals surface area contributed by atoms with Crippen LogP contribution < -0.4 is 5.32 Å². The number of carbonyl (C=O) groups excluding carboxylic acids is 1. The minimum absolute atomic E-state index is 0.135. The van der Waals surface area contributed by atoms with E-state index in [9.17, 15) is 4.79 Å². The summed E-state index contributed by atoms with van der Waals surface area (Å²) in [5.41, 5.74) is 3.60. The van der Waals surface area contributed by atoms with Gasteiger partial charge in [0.05, 0.1) is 24.4 Å². The van der Waals surface area contributed by atoms with E-state index in [1.54, 1.807) is 29.9 Å². The van der Waals surface area contributed by atoms with Gasteiger partial charge >= 0.3 is 6.03 Å². The molecule has 0 saturated heterocycles. The van der Waals surface area contributed by atoms with E-state index in [0.29, 0.717) is 26.2 Å². The standard InChI is InChI=1S/C14H18N4O2S/c1-20-6-5-18(9-12-3-2-4-15-7-12)14(19)16-8-13-10-21-11-17-13/h2-4,7,10-11H,5-6,8-9H2,1H3,(H,16,19). The van der Waals surface area contributed by atoms with Gasteiger partial charge in [0.25, 0.3) is 0 Å². The molecule has 0 unspecified atom stereocenters. The van der Waals surface area contributed by atoms with Crippen LogP contribution in [-0.4, -0.2) is 41.2 Å². The number of urea groups is 1. The molecule has 2 rings (SSSR count). The minimum atomic E-state index is -0.135. The second-order valence-electron chi connectivity index (χ2n) is 4.41. The highest BCUT2D eigenvalue weighted by atomic mass is 32.1. The van der Waals surface area contributed by atoms with Gasteiger partial charge in [-0.1, -0.05) is 6.07 Å². The van der Waals surface area contributed by atoms with Crippen LogP contribution in [0.3, 0.4) is 0 Å². The molecule has 2 aromatic rings. The minimum Gasteiger partial charge on any atom is -0.383 e. The molecule has 0 saturated carbocycles. The van der Waals surface area contributed by atoms with E-state index in [1.165, 1.54) is 11.3 Å². The zero-order valence-corrected chi connectivity index (χ0v) is 12.7. The number of methoxy groups -OCH3 is 1. The summed E-state index contributed by atoms with van der Waals surface area (Å²) in [7, 11) is 1.62. The van der Waals surface area contributed by atoms with Gasteiger partial charge in [0.2, 0.25) is 0 Å². The number of amides is 2. The Morgan fingerprint density at radius 3 is 3.10 bits per heavy atom. The first kappa shape index (κ1) is 15.4. The summed E-state index contributed by atoms with van der Waals surface area (Å²) in [4.78, 5) is 22.2. The van der Waals surface area contributed by atoms with Crippen LogP contribution in [0.5, 0.6) is 0 Å². The fourth-order valence-electron chi connectivity index (χ4n) is 1.77. The molecule has 0 spiro atoms. The van der Waals surface area contributed by atoms with Crippen molar-refractivity contribution in [3.8, 4) is 0 Å². The van der Waals surface area contributed by atoms with Gasteiger partial charge in [0.15, 0.2) is 0 Å². The van der Waals surface area contributed by atoms with Gasteiger partial charge in [-0.15, -0.1) is 11.3 Å². The van der Waals surface area contributed by atoms with Gasteiger partial charge in [-0.25, -0.2) is 9.78 Å². The lowest BCUT2D eigenvalue weighted by Crippen LogP contribution is -2.41. The van der Waals surface area contributed by atoms with Gasteiger partial charge in [0.1, 0.15) is 0 Å². The van der Waals surface area contributed by atoms with Gasteiger partial charge in [0, 0.05) is 38.0 Å². The Kier molecular flexibility index (Phi) is 6.11. The topological polar surface area (TPSA) is 67.3 Å². The second-order valence-corrected chi connectivity index (χ2v) is 5.13. The van der Waals surface area contributed by atoms with Crippen LogP contribution in [0.15, 0.2) is 35.4 Å². The van der Waals surface area contributed by atoms with Crippen LogP contribution in [0, 0.1) is 0 Å². The third-order valence-corrected chi connectivity index (χ3v) is 3.49. The average Bonchev–Trinajstić information content (AvgIpc) is 3.03. The molecule has 0 atom stereocenters. The summed E-state index contributed by atoms with van der Waals surface area (Å²) in [6, 6.07) is 3.67. The first-order chi connectivity index (χ1) is 10.3. The molecule has 2 aromatic heterocycles. The fraction of sp³-hybridized carbons (Fsp3) is 0.357. The fourth-order valence-corrected chi connectivity index (χ4v) is 2.33. The number of rotatable bonds is 7. The highest BCUT2D eigenvalue weighted by molar-refractivity contribution is 7.07. The van der Waals surface area contributed by atoms with Crippen molar-refractivity contribution in [1.29, 1.82) is 0 Å². The quantitative estimate of drug-likeness (QED) is 0.848. The predicted octanol–water partition coefficient (Wildman–Crippen LogP) is 1.90. The zero-order chi connectivity index (χ0) is 14.9. The summed E-state index contributed by atoms with van der Waals surface area (Å²) in [6.45, 7) is 1.94. The molecule has 0 fully saturated rings. The average molecular weight is 306 g/mol. The molecular weight excluding hydrogens is 288 g/mol. The van der Waals surface area contributed by atoms with Gasteiger partial charge in [-0.05, 0) is 11.6 Å². The van der Waals surface area contributed by atoms with Crippen LogP contribution >= 0.6 is 11.3 Å². The maximum absolute atomic E-state index is 12.3. The SMILES string of the molecule is COCCN(Cc1cccnc1)C(=O)NCc1cscn1. The van der Waals surface area contributed by atoms with Crippen molar-refractivity contribution in [3.05, 3.63) is 46.7 Å². The van der Waals surface area contributed by atoms with Crippen molar-refractivity contribution >= 4 is 17.4 Å². The van der Waals surface area contributed by atoms with E-state index in [-0.39, 0.29) is 6.03 Å². The summed E-state index contributed by atoms with van der Waals surface area (Å²) in [6.07, 6.45) is 3.47. The summed E-state index contributed by atoms with van der Waals surface area (Å²) >= 11 is 1.51. The van der Waals surface area contributed by atoms with Crippen LogP contribution in [0.1, 0.15) is 11.3 Å². The smallest absolute Gasteiger partial charge is 0.318 e. The number of thiazole rings is 1. The van der Waals surface area contributed by atoms with E-state index in [0.717, 1.165) is 11.3 Å². The Morgan fingerprint density at radius 2 is 2.43 bits per heavy atom. The maximum atomic E-state index is 12.3. The Balaban J connectivity index is 1.92. The molecule has 0 aliphatic carbocycles. The summed E-state index contributed by atoms with van der Waals surface area (Å²) < 4.78 is 5.06. The predicted molar refractivity (Wildman–Crippen MR) is 80.9 cm³/mol. The highest BCUT2D eigenvalue weighted by Gasteiger charge is 2.13. The van der Waals surface area contributed by atoms with Crippen molar-refractivity contribution in [2.24, 2.45) is 0 Å². The first-order valence-corrected chi connectivity index (χ1v) is 7.51. The monoisotopic (exact) mass is 306 g/mol. The van der Waals surface area contributed by atoms with Gasteiger partial charge in [-0.3, -0.25) is 4.98 Å². The lowest BCUT2D eigenvalue weighted by molar-refractivity contribution is 0.146. The Morgan fingerprint density at radius 1 is 1.52 bits per heavy atom. The first-order valence-electron chi connectivity index (χ1n) is 6.57. The van der Waals surface area contributed by atoms with Crippen molar-refractivity contribution < 1.29 is 9.53 Å². The number of hydrogen-bond acceptors (Lipinski definition) is 5. The van der Waals surface area contributed by atoms with E-state index >= 15 is 0 Å². The van der Waals surface area contributed by atoms with E-state index in [4.69, 9.17) is 4.74 Å². The summed E-state index contributed by atoms with van der Waals surface area (Å²) in [5, 5.41) is 4.79. The Bertz CT molecular complexity index is 533. The third kappa shape index (κ3) is 5.13. The van der Waals surface area contributed by atoms with Gasteiger partial charge < -0.3 is 15.0 Å².